The number of rotatable bonds is 2. The zero-order valence-electron chi connectivity index (χ0n) is 12.8. The van der Waals surface area contributed by atoms with Gasteiger partial charge >= 0.3 is 0 Å². The van der Waals surface area contributed by atoms with Crippen molar-refractivity contribution in [2.45, 2.75) is 25.3 Å². The van der Waals surface area contributed by atoms with Gasteiger partial charge in [0.1, 0.15) is 0 Å². The Labute approximate surface area is 130 Å². The maximum atomic E-state index is 12.5. The minimum atomic E-state index is 0.0114. The number of piperidine rings is 1. The molecule has 1 fully saturated rings. The summed E-state index contributed by atoms with van der Waals surface area (Å²) in [6, 6.07) is 8.92. The number of aliphatic imine (C=N–C) groups is 1. The van der Waals surface area contributed by atoms with Crippen LogP contribution in [-0.2, 0) is 0 Å². The second-order valence-electron chi connectivity index (χ2n) is 6.01. The maximum Gasteiger partial charge on any atom is 0.253 e. The van der Waals surface area contributed by atoms with Crippen LogP contribution in [0, 0.1) is 11.3 Å². The predicted octanol–water partition coefficient (Wildman–Crippen LogP) is 1.90. The second kappa shape index (κ2) is 5.80. The van der Waals surface area contributed by atoms with E-state index in [1.807, 2.05) is 11.2 Å². The van der Waals surface area contributed by atoms with Gasteiger partial charge in [-0.1, -0.05) is 0 Å². The normalized spacial score (nSPS) is 19.5. The minimum absolute atomic E-state index is 0.0114. The third-order valence-corrected chi connectivity index (χ3v) is 4.64. The van der Waals surface area contributed by atoms with Crippen molar-refractivity contribution in [3.63, 3.8) is 0 Å². The molecule has 2 aliphatic heterocycles. The van der Waals surface area contributed by atoms with E-state index >= 15 is 0 Å². The zero-order chi connectivity index (χ0) is 15.6. The van der Waals surface area contributed by atoms with Gasteiger partial charge < -0.3 is 9.80 Å². The van der Waals surface area contributed by atoms with Gasteiger partial charge in [0.15, 0.2) is 0 Å². The number of carbonyl (C=O) groups is 1. The van der Waals surface area contributed by atoms with Crippen LogP contribution in [0.15, 0.2) is 29.3 Å². The average molecular weight is 296 g/mol. The van der Waals surface area contributed by atoms with E-state index in [2.05, 4.69) is 17.9 Å². The summed E-state index contributed by atoms with van der Waals surface area (Å²) in [6.45, 7) is 5.58. The molecule has 1 amide bonds. The third kappa shape index (κ3) is 2.69. The molecule has 114 valence electrons. The molecular weight excluding hydrogens is 276 g/mol. The van der Waals surface area contributed by atoms with Crippen molar-refractivity contribution in [1.29, 1.82) is 5.26 Å². The first-order valence-electron chi connectivity index (χ1n) is 7.75. The Bertz CT molecular complexity index is 621. The lowest BCUT2D eigenvalue weighted by Crippen LogP contribution is -2.48. The Morgan fingerprint density at radius 2 is 2.00 bits per heavy atom. The first kappa shape index (κ1) is 14.6. The number of likely N-dealkylation sites (N-methyl/N-ethyl adjacent to an activating group) is 1. The van der Waals surface area contributed by atoms with E-state index in [4.69, 9.17) is 10.3 Å². The number of hydrogen-bond donors (Lipinski definition) is 0. The number of likely N-dealkylation sites (tertiary alicyclic amines) is 1. The van der Waals surface area contributed by atoms with Gasteiger partial charge in [-0.05, 0) is 44.0 Å². The summed E-state index contributed by atoms with van der Waals surface area (Å²) >= 11 is 0. The van der Waals surface area contributed by atoms with E-state index in [-0.39, 0.29) is 11.4 Å². The highest BCUT2D eigenvalue weighted by molar-refractivity contribution is 5.94. The standard InChI is InChI=1S/C17H20N4O/c1-2-20-12-17(19-13-20)7-9-21(10-8-17)16(22)15-5-3-14(11-18)4-6-15/h3-6,13H,2,7-10,12H2,1H3. The van der Waals surface area contributed by atoms with Gasteiger partial charge in [-0.3, -0.25) is 9.79 Å². The van der Waals surface area contributed by atoms with Crippen LogP contribution >= 0.6 is 0 Å². The summed E-state index contributed by atoms with van der Waals surface area (Å²) < 4.78 is 0. The monoisotopic (exact) mass is 296 g/mol. The van der Waals surface area contributed by atoms with E-state index < -0.39 is 0 Å². The van der Waals surface area contributed by atoms with Crippen molar-refractivity contribution in [1.82, 2.24) is 9.80 Å². The molecule has 2 aliphatic rings. The molecule has 0 N–H and O–H groups in total. The highest BCUT2D eigenvalue weighted by Crippen LogP contribution is 2.30. The fourth-order valence-corrected chi connectivity index (χ4v) is 3.14. The summed E-state index contributed by atoms with van der Waals surface area (Å²) in [5, 5.41) is 8.81. The van der Waals surface area contributed by atoms with Crippen molar-refractivity contribution in [3.05, 3.63) is 35.4 Å². The maximum absolute atomic E-state index is 12.5. The molecule has 2 heterocycles. The molecule has 1 spiro atoms. The smallest absolute Gasteiger partial charge is 0.253 e. The van der Waals surface area contributed by atoms with Gasteiger partial charge in [0.05, 0.1) is 23.5 Å². The van der Waals surface area contributed by atoms with Crippen molar-refractivity contribution >= 4 is 12.2 Å². The van der Waals surface area contributed by atoms with Gasteiger partial charge in [-0.15, -0.1) is 0 Å². The molecule has 0 saturated carbocycles. The molecule has 0 bridgehead atoms. The number of amides is 1. The first-order chi connectivity index (χ1) is 10.7. The molecule has 1 aromatic carbocycles. The van der Waals surface area contributed by atoms with Crippen molar-refractivity contribution in [3.8, 4) is 6.07 Å². The number of nitriles is 1. The van der Waals surface area contributed by atoms with E-state index in [0.717, 1.165) is 39.0 Å². The molecule has 0 aromatic heterocycles. The molecule has 0 unspecified atom stereocenters. The van der Waals surface area contributed by atoms with E-state index in [9.17, 15) is 4.79 Å². The Kier molecular flexibility index (Phi) is 3.84. The molecule has 0 atom stereocenters. The van der Waals surface area contributed by atoms with Crippen LogP contribution < -0.4 is 0 Å². The number of nitrogens with zero attached hydrogens (tertiary/aromatic N) is 4. The molecular formula is C17H20N4O. The molecule has 22 heavy (non-hydrogen) atoms. The molecule has 3 rings (SSSR count). The summed E-state index contributed by atoms with van der Waals surface area (Å²) in [5.41, 5.74) is 1.24. The highest BCUT2D eigenvalue weighted by Gasteiger charge is 2.39. The minimum Gasteiger partial charge on any atom is -0.361 e. The van der Waals surface area contributed by atoms with E-state index in [1.54, 1.807) is 24.3 Å². The van der Waals surface area contributed by atoms with Crippen molar-refractivity contribution < 1.29 is 4.79 Å². The first-order valence-corrected chi connectivity index (χ1v) is 7.75. The predicted molar refractivity (Wildman–Crippen MR) is 84.8 cm³/mol. The number of benzene rings is 1. The van der Waals surface area contributed by atoms with E-state index in [1.165, 1.54) is 0 Å². The third-order valence-electron chi connectivity index (χ3n) is 4.64. The number of hydrogen-bond acceptors (Lipinski definition) is 4. The van der Waals surface area contributed by atoms with Crippen LogP contribution in [0.3, 0.4) is 0 Å². The van der Waals surface area contributed by atoms with Crippen molar-refractivity contribution in [2.75, 3.05) is 26.2 Å². The largest absolute Gasteiger partial charge is 0.361 e. The Morgan fingerprint density at radius 3 is 2.55 bits per heavy atom. The Balaban J connectivity index is 1.62. The summed E-state index contributed by atoms with van der Waals surface area (Å²) in [7, 11) is 0. The van der Waals surface area contributed by atoms with Crippen LogP contribution in [-0.4, -0.2) is 53.8 Å². The lowest BCUT2D eigenvalue weighted by Gasteiger charge is -2.37. The Morgan fingerprint density at radius 1 is 1.32 bits per heavy atom. The van der Waals surface area contributed by atoms with Gasteiger partial charge in [-0.25, -0.2) is 0 Å². The molecule has 1 saturated heterocycles. The van der Waals surface area contributed by atoms with Gasteiger partial charge in [0.2, 0.25) is 0 Å². The van der Waals surface area contributed by atoms with Crippen LogP contribution in [0.5, 0.6) is 0 Å². The molecule has 5 nitrogen and oxygen atoms in total. The lowest BCUT2D eigenvalue weighted by molar-refractivity contribution is 0.0669. The quantitative estimate of drug-likeness (QED) is 0.837. The van der Waals surface area contributed by atoms with Gasteiger partial charge in [0, 0.05) is 31.7 Å². The average Bonchev–Trinajstić information content (AvgIpc) is 2.98. The topological polar surface area (TPSA) is 59.7 Å². The van der Waals surface area contributed by atoms with Crippen LogP contribution in [0.2, 0.25) is 0 Å². The molecule has 0 aliphatic carbocycles. The molecule has 1 aromatic rings. The summed E-state index contributed by atoms with van der Waals surface area (Å²) in [4.78, 5) is 21.3. The summed E-state index contributed by atoms with van der Waals surface area (Å²) in [6.07, 6.45) is 3.79. The van der Waals surface area contributed by atoms with E-state index in [0.29, 0.717) is 11.1 Å². The summed E-state index contributed by atoms with van der Waals surface area (Å²) in [5.74, 6) is 0.0497. The SMILES string of the molecule is CCN1C=NC2(CCN(C(=O)c3ccc(C#N)cc3)CC2)C1. The molecule has 0 radical (unpaired) electrons. The van der Waals surface area contributed by atoms with Crippen LogP contribution in [0.25, 0.3) is 0 Å². The zero-order valence-corrected chi connectivity index (χ0v) is 12.8. The fraction of sp³-hybridized carbons (Fsp3) is 0.471. The Hall–Kier alpha value is -2.35. The van der Waals surface area contributed by atoms with Gasteiger partial charge in [0.25, 0.3) is 5.91 Å². The van der Waals surface area contributed by atoms with Crippen molar-refractivity contribution in [2.24, 2.45) is 4.99 Å². The lowest BCUT2D eigenvalue weighted by atomic mass is 9.88. The van der Waals surface area contributed by atoms with Crippen LogP contribution in [0.4, 0.5) is 0 Å². The highest BCUT2D eigenvalue weighted by atomic mass is 16.2. The van der Waals surface area contributed by atoms with Gasteiger partial charge in [-0.2, -0.15) is 5.26 Å². The number of carbonyl (C=O) groups excluding carboxylic acids is 1. The van der Waals surface area contributed by atoms with Crippen LogP contribution in [0.1, 0.15) is 35.7 Å². The fourth-order valence-electron chi connectivity index (χ4n) is 3.14. The second-order valence-corrected chi connectivity index (χ2v) is 6.01. The molecule has 5 heteroatoms.